The number of rotatable bonds is 9. The van der Waals surface area contributed by atoms with Gasteiger partial charge in [-0.2, -0.15) is 0 Å². The molecule has 4 N–H and O–H groups in total. The number of piperazine rings is 1. The van der Waals surface area contributed by atoms with Crippen LogP contribution in [0.1, 0.15) is 45.8 Å². The fourth-order valence-electron chi connectivity index (χ4n) is 4.41. The molecule has 6 nitrogen and oxygen atoms in total. The summed E-state index contributed by atoms with van der Waals surface area (Å²) in [4.78, 5) is 21.0. The van der Waals surface area contributed by atoms with E-state index >= 15 is 0 Å². The lowest BCUT2D eigenvalue weighted by Gasteiger charge is -2.26. The number of nitrogens with two attached hydrogens (primary N) is 1. The molecule has 4 rings (SSSR count). The molecule has 1 amide bonds. The number of amides is 1. The number of aliphatic imine (C=N–C) groups is 1. The zero-order chi connectivity index (χ0) is 24.5. The number of hydrogen-bond acceptors (Lipinski definition) is 6. The number of nitrogens with one attached hydrogen (secondary N) is 2. The van der Waals surface area contributed by atoms with E-state index in [2.05, 4.69) is 58.7 Å². The van der Waals surface area contributed by atoms with Crippen LogP contribution in [0, 0.1) is 0 Å². The van der Waals surface area contributed by atoms with Crippen molar-refractivity contribution in [2.75, 3.05) is 26.2 Å². The molecule has 3 aliphatic rings. The first-order chi connectivity index (χ1) is 17.1. The van der Waals surface area contributed by atoms with E-state index in [4.69, 9.17) is 5.73 Å². The van der Waals surface area contributed by atoms with Gasteiger partial charge in [0.1, 0.15) is 5.82 Å². The summed E-state index contributed by atoms with van der Waals surface area (Å²) in [6, 6.07) is 2.14. The van der Waals surface area contributed by atoms with Crippen LogP contribution >= 0.6 is 11.3 Å². The van der Waals surface area contributed by atoms with Gasteiger partial charge in [-0.1, -0.05) is 49.1 Å². The third-order valence-corrected chi connectivity index (χ3v) is 7.42. The number of allylic oxidation sites excluding steroid dienone is 7. The first-order valence-corrected chi connectivity index (χ1v) is 13.2. The van der Waals surface area contributed by atoms with Crippen LogP contribution < -0.4 is 16.4 Å². The van der Waals surface area contributed by atoms with Crippen LogP contribution in [-0.2, 0) is 6.54 Å². The summed E-state index contributed by atoms with van der Waals surface area (Å²) in [6.07, 6.45) is 22.8. The Balaban J connectivity index is 1.26. The molecule has 0 spiro atoms. The summed E-state index contributed by atoms with van der Waals surface area (Å²) in [7, 11) is 0. The van der Waals surface area contributed by atoms with E-state index in [0.717, 1.165) is 60.8 Å². The second-order valence-corrected chi connectivity index (χ2v) is 9.92. The molecule has 1 atom stereocenters. The molecule has 7 heteroatoms. The third-order valence-electron chi connectivity index (χ3n) is 6.29. The summed E-state index contributed by atoms with van der Waals surface area (Å²) < 4.78 is 0. The van der Waals surface area contributed by atoms with E-state index in [9.17, 15) is 4.79 Å². The van der Waals surface area contributed by atoms with Crippen LogP contribution in [0.2, 0.25) is 0 Å². The van der Waals surface area contributed by atoms with Gasteiger partial charge >= 0.3 is 0 Å². The molecule has 2 aliphatic carbocycles. The Hall–Kier alpha value is -3.00. The fraction of sp³-hybridized carbons (Fsp3) is 0.357. The third kappa shape index (κ3) is 7.01. The van der Waals surface area contributed by atoms with Gasteiger partial charge in [0.15, 0.2) is 0 Å². The Bertz CT molecular complexity index is 1100. The molecule has 1 aliphatic heterocycles. The van der Waals surface area contributed by atoms with Crippen molar-refractivity contribution >= 4 is 29.5 Å². The maximum atomic E-state index is 12.8. The number of hydrogen-bond donors (Lipinski definition) is 3. The maximum absolute atomic E-state index is 12.8. The molecule has 0 saturated carbocycles. The SMILES string of the molecule is C=C(N=CC/C=C\c1sc(C(=O)N2CCNCC2)cc1CN)NC1C=CC=C(C2=CC=CCC2)C1. The van der Waals surface area contributed by atoms with Gasteiger partial charge in [-0.15, -0.1) is 11.3 Å². The smallest absolute Gasteiger partial charge is 0.264 e. The van der Waals surface area contributed by atoms with Crippen LogP contribution in [0.15, 0.2) is 77.1 Å². The standard InChI is InChI=1S/C28H35N5OS/c1-21(32-25-11-7-10-23(18-25)22-8-3-2-4-9-22)31-13-6-5-12-26-24(20-29)19-27(35-26)28(34)33-16-14-30-15-17-33/h2-3,5,7-8,10-13,19,25,30,32H,1,4,6,9,14-18,20,29H2/b12-5-,31-13?. The van der Waals surface area contributed by atoms with E-state index in [1.807, 2.05) is 29.3 Å². The van der Waals surface area contributed by atoms with Gasteiger partial charge in [0, 0.05) is 50.2 Å². The first-order valence-electron chi connectivity index (χ1n) is 12.3. The zero-order valence-electron chi connectivity index (χ0n) is 20.2. The van der Waals surface area contributed by atoms with Gasteiger partial charge in [-0.3, -0.25) is 4.79 Å². The lowest BCUT2D eigenvalue weighted by Crippen LogP contribution is -2.46. The van der Waals surface area contributed by atoms with Crippen molar-refractivity contribution in [1.82, 2.24) is 15.5 Å². The fourth-order valence-corrected chi connectivity index (χ4v) is 5.50. The van der Waals surface area contributed by atoms with Crippen LogP contribution in [0.3, 0.4) is 0 Å². The number of carbonyl (C=O) groups excluding carboxylic acids is 1. The van der Waals surface area contributed by atoms with Crippen molar-refractivity contribution < 1.29 is 4.79 Å². The predicted octanol–water partition coefficient (Wildman–Crippen LogP) is 4.32. The zero-order valence-corrected chi connectivity index (χ0v) is 21.0. The monoisotopic (exact) mass is 489 g/mol. The van der Waals surface area contributed by atoms with E-state index in [0.29, 0.717) is 18.8 Å². The summed E-state index contributed by atoms with van der Waals surface area (Å²) in [5.74, 6) is 0.760. The van der Waals surface area contributed by atoms with E-state index < -0.39 is 0 Å². The molecule has 0 bridgehead atoms. The minimum atomic E-state index is 0.0980. The largest absolute Gasteiger partial charge is 0.364 e. The van der Waals surface area contributed by atoms with Crippen molar-refractivity contribution in [2.24, 2.45) is 10.7 Å². The Morgan fingerprint density at radius 1 is 1.29 bits per heavy atom. The molecule has 1 aromatic rings. The van der Waals surface area contributed by atoms with Crippen LogP contribution in [-0.4, -0.2) is 49.2 Å². The average molecular weight is 490 g/mol. The van der Waals surface area contributed by atoms with Crippen LogP contribution in [0.25, 0.3) is 6.08 Å². The molecule has 2 heterocycles. The Kier molecular flexibility index (Phi) is 9.06. The van der Waals surface area contributed by atoms with Crippen molar-refractivity contribution in [1.29, 1.82) is 0 Å². The minimum absolute atomic E-state index is 0.0980. The van der Waals surface area contributed by atoms with E-state index in [-0.39, 0.29) is 11.9 Å². The van der Waals surface area contributed by atoms with Crippen LogP contribution in [0.4, 0.5) is 0 Å². The molecule has 35 heavy (non-hydrogen) atoms. The first kappa shape index (κ1) is 25.1. The van der Waals surface area contributed by atoms with Gasteiger partial charge < -0.3 is 21.3 Å². The highest BCUT2D eigenvalue weighted by Crippen LogP contribution is 2.27. The summed E-state index contributed by atoms with van der Waals surface area (Å²) in [5.41, 5.74) is 9.75. The van der Waals surface area contributed by atoms with Gasteiger partial charge in [-0.05, 0) is 48.1 Å². The van der Waals surface area contributed by atoms with Gasteiger partial charge in [0.2, 0.25) is 0 Å². The molecule has 1 unspecified atom stereocenters. The molecular formula is C28H35N5OS. The molecule has 1 fully saturated rings. The highest BCUT2D eigenvalue weighted by Gasteiger charge is 2.21. The summed E-state index contributed by atoms with van der Waals surface area (Å²) in [6.45, 7) is 7.66. The van der Waals surface area contributed by atoms with Crippen LogP contribution in [0.5, 0.6) is 0 Å². The number of nitrogens with zero attached hydrogens (tertiary/aromatic N) is 2. The highest BCUT2D eigenvalue weighted by molar-refractivity contribution is 7.15. The predicted molar refractivity (Wildman–Crippen MR) is 147 cm³/mol. The molecule has 184 valence electrons. The van der Waals surface area contributed by atoms with Gasteiger partial charge in [0.05, 0.1) is 10.9 Å². The van der Waals surface area contributed by atoms with E-state index in [1.54, 1.807) is 0 Å². The molecule has 0 aromatic carbocycles. The van der Waals surface area contributed by atoms with Gasteiger partial charge in [0.25, 0.3) is 5.91 Å². The Morgan fingerprint density at radius 2 is 2.11 bits per heavy atom. The van der Waals surface area contributed by atoms with E-state index in [1.165, 1.54) is 22.5 Å². The molecule has 1 saturated heterocycles. The summed E-state index contributed by atoms with van der Waals surface area (Å²) >= 11 is 1.51. The summed E-state index contributed by atoms with van der Waals surface area (Å²) in [5, 5.41) is 6.69. The van der Waals surface area contributed by atoms with Crippen molar-refractivity contribution in [2.45, 2.75) is 38.3 Å². The molecular weight excluding hydrogens is 454 g/mol. The van der Waals surface area contributed by atoms with Crippen molar-refractivity contribution in [3.05, 3.63) is 87.5 Å². The molecule has 1 aromatic heterocycles. The molecule has 0 radical (unpaired) electrons. The number of thiophene rings is 1. The quantitative estimate of drug-likeness (QED) is 0.451. The Labute approximate surface area is 212 Å². The highest BCUT2D eigenvalue weighted by atomic mass is 32.1. The second kappa shape index (κ2) is 12.6. The minimum Gasteiger partial charge on any atom is -0.364 e. The number of carbonyl (C=O) groups is 1. The van der Waals surface area contributed by atoms with Crippen molar-refractivity contribution in [3.8, 4) is 0 Å². The lowest BCUT2D eigenvalue weighted by molar-refractivity contribution is 0.0740. The second-order valence-electron chi connectivity index (χ2n) is 8.83. The van der Waals surface area contributed by atoms with Crippen molar-refractivity contribution in [3.63, 3.8) is 0 Å². The lowest BCUT2D eigenvalue weighted by atomic mass is 9.90. The maximum Gasteiger partial charge on any atom is 0.264 e. The Morgan fingerprint density at radius 3 is 2.89 bits per heavy atom. The normalized spacial score (nSPS) is 20.4. The van der Waals surface area contributed by atoms with Gasteiger partial charge in [-0.25, -0.2) is 4.99 Å². The average Bonchev–Trinajstić information content (AvgIpc) is 3.32. The topological polar surface area (TPSA) is 82.8 Å².